The Morgan fingerprint density at radius 3 is 2.81 bits per heavy atom. The molecule has 2 aliphatic rings. The summed E-state index contributed by atoms with van der Waals surface area (Å²) in [6, 6.07) is 0.434. The summed E-state index contributed by atoms with van der Waals surface area (Å²) in [5, 5.41) is 3.34. The Kier molecular flexibility index (Phi) is 2.39. The summed E-state index contributed by atoms with van der Waals surface area (Å²) in [5.41, 5.74) is 2.42. The van der Waals surface area contributed by atoms with Crippen LogP contribution in [0.15, 0.2) is 4.79 Å². The van der Waals surface area contributed by atoms with E-state index in [4.69, 9.17) is 0 Å². The predicted molar refractivity (Wildman–Crippen MR) is 62.6 cm³/mol. The van der Waals surface area contributed by atoms with E-state index in [9.17, 15) is 4.79 Å². The Labute approximate surface area is 95.2 Å². The SMILES string of the molecule is CN1CCc2c([nH]n(C3CCCC3)c2=O)C1. The fraction of sp³-hybridized carbons (Fsp3) is 0.750. The largest absolute Gasteiger partial charge is 0.300 e. The van der Waals surface area contributed by atoms with Gasteiger partial charge in [-0.25, -0.2) is 4.68 Å². The molecule has 0 amide bonds. The number of hydrogen-bond acceptors (Lipinski definition) is 2. The molecule has 0 bridgehead atoms. The van der Waals surface area contributed by atoms with Crippen LogP contribution in [0.4, 0.5) is 0 Å². The molecule has 1 saturated carbocycles. The number of aromatic nitrogens is 2. The normalized spacial score (nSPS) is 22.6. The van der Waals surface area contributed by atoms with Crippen molar-refractivity contribution in [1.82, 2.24) is 14.7 Å². The summed E-state index contributed by atoms with van der Waals surface area (Å²) >= 11 is 0. The molecule has 0 aromatic carbocycles. The molecule has 0 atom stereocenters. The smallest absolute Gasteiger partial charge is 0.270 e. The molecule has 1 fully saturated rings. The lowest BCUT2D eigenvalue weighted by Gasteiger charge is -2.20. The summed E-state index contributed by atoms with van der Waals surface area (Å²) in [6.45, 7) is 1.90. The summed E-state index contributed by atoms with van der Waals surface area (Å²) in [5.74, 6) is 0. The van der Waals surface area contributed by atoms with Gasteiger partial charge in [0.2, 0.25) is 0 Å². The maximum Gasteiger partial charge on any atom is 0.270 e. The first-order valence-corrected chi connectivity index (χ1v) is 6.26. The minimum absolute atomic E-state index is 0.245. The second-order valence-corrected chi connectivity index (χ2v) is 5.17. The average molecular weight is 221 g/mol. The maximum atomic E-state index is 12.2. The number of fused-ring (bicyclic) bond motifs is 1. The topological polar surface area (TPSA) is 41.0 Å². The fourth-order valence-corrected chi connectivity index (χ4v) is 3.00. The fourth-order valence-electron chi connectivity index (χ4n) is 3.00. The number of hydrogen-bond donors (Lipinski definition) is 1. The summed E-state index contributed by atoms with van der Waals surface area (Å²) in [7, 11) is 2.11. The molecule has 4 nitrogen and oxygen atoms in total. The number of H-pyrrole nitrogens is 1. The van der Waals surface area contributed by atoms with Crippen molar-refractivity contribution in [2.24, 2.45) is 0 Å². The number of rotatable bonds is 1. The predicted octanol–water partition coefficient (Wildman–Crippen LogP) is 1.28. The van der Waals surface area contributed by atoms with Crippen molar-refractivity contribution in [3.05, 3.63) is 21.6 Å². The highest BCUT2D eigenvalue weighted by atomic mass is 16.1. The second-order valence-electron chi connectivity index (χ2n) is 5.17. The number of nitrogens with zero attached hydrogens (tertiary/aromatic N) is 2. The molecule has 0 spiro atoms. The molecule has 1 aliphatic heterocycles. The standard InChI is InChI=1S/C12H19N3O/c1-14-7-6-10-11(8-14)13-15(12(10)16)9-4-2-3-5-9/h9,13H,2-8H2,1H3. The van der Waals surface area contributed by atoms with E-state index in [-0.39, 0.29) is 5.56 Å². The second kappa shape index (κ2) is 3.77. The van der Waals surface area contributed by atoms with Gasteiger partial charge in [0.05, 0.1) is 11.7 Å². The third kappa shape index (κ3) is 1.52. The van der Waals surface area contributed by atoms with Crippen molar-refractivity contribution in [2.45, 2.75) is 44.7 Å². The first kappa shape index (κ1) is 10.1. The van der Waals surface area contributed by atoms with Crippen LogP contribution in [0, 0.1) is 0 Å². The molecule has 1 aliphatic carbocycles. The molecule has 88 valence electrons. The third-order valence-electron chi connectivity index (χ3n) is 3.96. The minimum atomic E-state index is 0.245. The summed E-state index contributed by atoms with van der Waals surface area (Å²) in [4.78, 5) is 14.5. The third-order valence-corrected chi connectivity index (χ3v) is 3.96. The first-order chi connectivity index (χ1) is 7.75. The molecule has 0 unspecified atom stereocenters. The van der Waals surface area contributed by atoms with E-state index in [1.54, 1.807) is 0 Å². The molecular weight excluding hydrogens is 202 g/mol. The molecule has 16 heavy (non-hydrogen) atoms. The first-order valence-electron chi connectivity index (χ1n) is 6.26. The van der Waals surface area contributed by atoms with Gasteiger partial charge in [-0.15, -0.1) is 0 Å². The summed E-state index contributed by atoms with van der Waals surface area (Å²) < 4.78 is 1.90. The molecule has 2 heterocycles. The highest BCUT2D eigenvalue weighted by Crippen LogP contribution is 2.28. The lowest BCUT2D eigenvalue weighted by molar-refractivity contribution is 0.307. The number of nitrogens with one attached hydrogen (secondary N) is 1. The van der Waals surface area contributed by atoms with E-state index in [1.165, 1.54) is 12.8 Å². The molecule has 1 aromatic rings. The van der Waals surface area contributed by atoms with Crippen molar-refractivity contribution in [2.75, 3.05) is 13.6 Å². The van der Waals surface area contributed by atoms with Crippen LogP contribution < -0.4 is 5.56 Å². The van der Waals surface area contributed by atoms with Gasteiger partial charge >= 0.3 is 0 Å². The van der Waals surface area contributed by atoms with Crippen LogP contribution in [0.2, 0.25) is 0 Å². The molecule has 1 N–H and O–H groups in total. The average Bonchev–Trinajstić information content (AvgIpc) is 2.86. The lowest BCUT2D eigenvalue weighted by atomic mass is 10.1. The van der Waals surface area contributed by atoms with Crippen molar-refractivity contribution in [3.8, 4) is 0 Å². The van der Waals surface area contributed by atoms with Crippen molar-refractivity contribution in [3.63, 3.8) is 0 Å². The van der Waals surface area contributed by atoms with Gasteiger partial charge in [0, 0.05) is 18.7 Å². The molecule has 4 heteroatoms. The van der Waals surface area contributed by atoms with Gasteiger partial charge in [-0.05, 0) is 26.3 Å². The van der Waals surface area contributed by atoms with E-state index < -0.39 is 0 Å². The van der Waals surface area contributed by atoms with Crippen LogP contribution in [-0.4, -0.2) is 28.3 Å². The highest BCUT2D eigenvalue weighted by Gasteiger charge is 2.25. The van der Waals surface area contributed by atoms with Crippen molar-refractivity contribution >= 4 is 0 Å². The Morgan fingerprint density at radius 1 is 1.31 bits per heavy atom. The Morgan fingerprint density at radius 2 is 2.06 bits per heavy atom. The van der Waals surface area contributed by atoms with Crippen LogP contribution in [0.5, 0.6) is 0 Å². The molecule has 0 radical (unpaired) electrons. The quantitative estimate of drug-likeness (QED) is 0.776. The zero-order valence-electron chi connectivity index (χ0n) is 9.83. The van der Waals surface area contributed by atoms with E-state index in [0.717, 1.165) is 43.6 Å². The highest BCUT2D eigenvalue weighted by molar-refractivity contribution is 5.20. The Bertz CT molecular complexity index is 440. The van der Waals surface area contributed by atoms with Crippen molar-refractivity contribution in [1.29, 1.82) is 0 Å². The monoisotopic (exact) mass is 221 g/mol. The number of likely N-dealkylation sites (N-methyl/N-ethyl adjacent to an activating group) is 1. The molecule has 3 rings (SSSR count). The lowest BCUT2D eigenvalue weighted by Crippen LogP contribution is -2.29. The zero-order chi connectivity index (χ0) is 11.1. The summed E-state index contributed by atoms with van der Waals surface area (Å²) in [6.07, 6.45) is 5.76. The van der Waals surface area contributed by atoms with Crippen LogP contribution >= 0.6 is 0 Å². The zero-order valence-corrected chi connectivity index (χ0v) is 9.83. The van der Waals surface area contributed by atoms with Crippen molar-refractivity contribution < 1.29 is 0 Å². The van der Waals surface area contributed by atoms with E-state index in [2.05, 4.69) is 17.0 Å². The van der Waals surface area contributed by atoms with E-state index in [1.807, 2.05) is 4.68 Å². The van der Waals surface area contributed by atoms with Crippen LogP contribution in [0.3, 0.4) is 0 Å². The van der Waals surface area contributed by atoms with Gasteiger partial charge in [0.15, 0.2) is 0 Å². The molecule has 1 aromatic heterocycles. The van der Waals surface area contributed by atoms with Gasteiger partial charge in [-0.3, -0.25) is 9.89 Å². The van der Waals surface area contributed by atoms with Gasteiger partial charge in [-0.1, -0.05) is 12.8 Å². The number of aromatic amines is 1. The Balaban J connectivity index is 1.98. The van der Waals surface area contributed by atoms with Gasteiger partial charge in [-0.2, -0.15) is 0 Å². The van der Waals surface area contributed by atoms with Gasteiger partial charge in [0.1, 0.15) is 0 Å². The minimum Gasteiger partial charge on any atom is -0.300 e. The van der Waals surface area contributed by atoms with E-state index >= 15 is 0 Å². The van der Waals surface area contributed by atoms with Crippen LogP contribution in [0.1, 0.15) is 43.0 Å². The van der Waals surface area contributed by atoms with E-state index in [0.29, 0.717) is 6.04 Å². The molecular formula is C12H19N3O. The molecule has 0 saturated heterocycles. The van der Waals surface area contributed by atoms with Gasteiger partial charge < -0.3 is 4.90 Å². The maximum absolute atomic E-state index is 12.2. The Hall–Kier alpha value is -1.03. The van der Waals surface area contributed by atoms with Crippen LogP contribution in [-0.2, 0) is 13.0 Å². The van der Waals surface area contributed by atoms with Crippen LogP contribution in [0.25, 0.3) is 0 Å². The van der Waals surface area contributed by atoms with Gasteiger partial charge in [0.25, 0.3) is 5.56 Å².